The fourth-order valence-corrected chi connectivity index (χ4v) is 3.94. The Morgan fingerprint density at radius 3 is 2.30 bits per heavy atom. The first-order valence-corrected chi connectivity index (χ1v) is 10.6. The van der Waals surface area contributed by atoms with Crippen molar-refractivity contribution in [1.29, 1.82) is 0 Å². The van der Waals surface area contributed by atoms with Crippen LogP contribution in [0.5, 0.6) is 0 Å². The van der Waals surface area contributed by atoms with Crippen molar-refractivity contribution in [2.75, 3.05) is 6.54 Å². The standard InChI is InChI=1S/C26H24FN3O3/c1-17-8-11-21(14-18(17)2)26(20-6-4-3-5-7-20)24(32)30(25(33)29-26)16-23(31)28-15-19-9-12-22(27)13-10-19/h3-14H,15-16H2,1-2H3,(H,28,31)(H,29,33)/t26-/m0/s1. The largest absolute Gasteiger partial charge is 0.350 e. The number of hydrogen-bond donors (Lipinski definition) is 2. The summed E-state index contributed by atoms with van der Waals surface area (Å²) in [5, 5.41) is 5.52. The van der Waals surface area contributed by atoms with Gasteiger partial charge in [-0.05, 0) is 53.8 Å². The van der Waals surface area contributed by atoms with Crippen molar-refractivity contribution in [3.8, 4) is 0 Å². The number of nitrogens with one attached hydrogen (secondary N) is 2. The van der Waals surface area contributed by atoms with Crippen molar-refractivity contribution in [1.82, 2.24) is 15.5 Å². The summed E-state index contributed by atoms with van der Waals surface area (Å²) in [5.41, 5.74) is 2.57. The van der Waals surface area contributed by atoms with Crippen LogP contribution in [0.15, 0.2) is 72.8 Å². The topological polar surface area (TPSA) is 78.5 Å². The summed E-state index contributed by atoms with van der Waals surface area (Å²) in [6.07, 6.45) is 0. The van der Waals surface area contributed by atoms with Gasteiger partial charge in [0.05, 0.1) is 0 Å². The molecule has 3 aromatic rings. The first-order chi connectivity index (χ1) is 15.8. The van der Waals surface area contributed by atoms with Gasteiger partial charge in [0, 0.05) is 6.54 Å². The van der Waals surface area contributed by atoms with E-state index in [9.17, 15) is 18.8 Å². The second-order valence-corrected chi connectivity index (χ2v) is 8.14. The molecule has 4 rings (SSSR count). The number of benzene rings is 3. The third-order valence-electron chi connectivity index (χ3n) is 5.96. The highest BCUT2D eigenvalue weighted by atomic mass is 19.1. The molecule has 0 aromatic heterocycles. The molecule has 2 N–H and O–H groups in total. The van der Waals surface area contributed by atoms with Crippen LogP contribution in [0, 0.1) is 19.7 Å². The Hall–Kier alpha value is -4.00. The minimum Gasteiger partial charge on any atom is -0.350 e. The Labute approximate surface area is 191 Å². The van der Waals surface area contributed by atoms with Crippen molar-refractivity contribution in [2.45, 2.75) is 25.9 Å². The smallest absolute Gasteiger partial charge is 0.326 e. The van der Waals surface area contributed by atoms with E-state index in [0.717, 1.165) is 16.0 Å². The van der Waals surface area contributed by atoms with Gasteiger partial charge in [0.2, 0.25) is 5.91 Å². The van der Waals surface area contributed by atoms with Gasteiger partial charge in [-0.3, -0.25) is 14.5 Å². The molecule has 0 radical (unpaired) electrons. The quantitative estimate of drug-likeness (QED) is 0.570. The Kier molecular flexibility index (Phi) is 5.96. The Morgan fingerprint density at radius 1 is 0.939 bits per heavy atom. The zero-order valence-electron chi connectivity index (χ0n) is 18.4. The molecule has 0 aliphatic carbocycles. The number of amides is 4. The van der Waals surface area contributed by atoms with Crippen molar-refractivity contribution in [3.63, 3.8) is 0 Å². The SMILES string of the molecule is Cc1ccc([C@]2(c3ccccc3)NC(=O)N(CC(=O)NCc3ccc(F)cc3)C2=O)cc1C. The summed E-state index contributed by atoms with van der Waals surface area (Å²) >= 11 is 0. The molecule has 1 atom stereocenters. The molecule has 4 amide bonds. The lowest BCUT2D eigenvalue weighted by Crippen LogP contribution is -2.46. The van der Waals surface area contributed by atoms with Crippen LogP contribution >= 0.6 is 0 Å². The lowest BCUT2D eigenvalue weighted by atomic mass is 9.81. The van der Waals surface area contributed by atoms with Crippen LogP contribution < -0.4 is 10.6 Å². The predicted molar refractivity (Wildman–Crippen MR) is 122 cm³/mol. The summed E-state index contributed by atoms with van der Waals surface area (Å²) in [4.78, 5) is 40.1. The number of carbonyl (C=O) groups is 3. The third kappa shape index (κ3) is 4.22. The normalized spacial score (nSPS) is 17.7. The second-order valence-electron chi connectivity index (χ2n) is 8.14. The molecule has 0 spiro atoms. The van der Waals surface area contributed by atoms with Gasteiger partial charge in [0.15, 0.2) is 5.54 Å². The molecule has 168 valence electrons. The summed E-state index contributed by atoms with van der Waals surface area (Å²) in [6.45, 7) is 3.65. The van der Waals surface area contributed by atoms with Gasteiger partial charge in [-0.15, -0.1) is 0 Å². The van der Waals surface area contributed by atoms with E-state index in [1.807, 2.05) is 38.1 Å². The maximum absolute atomic E-state index is 13.7. The minimum absolute atomic E-state index is 0.156. The van der Waals surface area contributed by atoms with Gasteiger partial charge in [-0.25, -0.2) is 9.18 Å². The van der Waals surface area contributed by atoms with Crippen molar-refractivity contribution >= 4 is 17.8 Å². The molecular weight excluding hydrogens is 421 g/mol. The summed E-state index contributed by atoms with van der Waals surface area (Å²) in [5.74, 6) is -1.38. The lowest BCUT2D eigenvalue weighted by molar-refractivity contribution is -0.134. The molecule has 33 heavy (non-hydrogen) atoms. The number of rotatable bonds is 6. The van der Waals surface area contributed by atoms with Gasteiger partial charge in [0.25, 0.3) is 5.91 Å². The van der Waals surface area contributed by atoms with E-state index in [1.54, 1.807) is 36.4 Å². The molecule has 1 aliphatic rings. The molecule has 0 unspecified atom stereocenters. The fourth-order valence-electron chi connectivity index (χ4n) is 3.94. The Morgan fingerprint density at radius 2 is 1.64 bits per heavy atom. The highest BCUT2D eigenvalue weighted by molar-refractivity contribution is 6.11. The number of carbonyl (C=O) groups excluding carboxylic acids is 3. The van der Waals surface area contributed by atoms with Crippen LogP contribution in [-0.4, -0.2) is 29.3 Å². The molecule has 1 saturated heterocycles. The summed E-state index contributed by atoms with van der Waals surface area (Å²) < 4.78 is 13.1. The number of imide groups is 1. The van der Waals surface area contributed by atoms with E-state index < -0.39 is 29.9 Å². The fraction of sp³-hybridized carbons (Fsp3) is 0.192. The number of hydrogen-bond acceptors (Lipinski definition) is 3. The van der Waals surface area contributed by atoms with Crippen LogP contribution in [0.25, 0.3) is 0 Å². The molecule has 1 heterocycles. The molecule has 3 aromatic carbocycles. The third-order valence-corrected chi connectivity index (χ3v) is 5.96. The molecule has 6 nitrogen and oxygen atoms in total. The predicted octanol–water partition coefficient (Wildman–Crippen LogP) is 3.55. The van der Waals surface area contributed by atoms with Crippen LogP contribution in [0.2, 0.25) is 0 Å². The average Bonchev–Trinajstić information content (AvgIpc) is 3.06. The maximum Gasteiger partial charge on any atom is 0.326 e. The van der Waals surface area contributed by atoms with Gasteiger partial charge in [-0.1, -0.05) is 60.7 Å². The van der Waals surface area contributed by atoms with E-state index in [2.05, 4.69) is 10.6 Å². The molecule has 0 bridgehead atoms. The van der Waals surface area contributed by atoms with E-state index >= 15 is 0 Å². The van der Waals surface area contributed by atoms with E-state index in [4.69, 9.17) is 0 Å². The van der Waals surface area contributed by atoms with Crippen LogP contribution in [0.1, 0.15) is 27.8 Å². The maximum atomic E-state index is 13.7. The van der Waals surface area contributed by atoms with Gasteiger partial charge in [-0.2, -0.15) is 0 Å². The summed E-state index contributed by atoms with van der Waals surface area (Å²) in [6, 6.07) is 19.7. The Bertz CT molecular complexity index is 1210. The van der Waals surface area contributed by atoms with Gasteiger partial charge >= 0.3 is 6.03 Å². The van der Waals surface area contributed by atoms with Gasteiger partial charge < -0.3 is 10.6 Å². The minimum atomic E-state index is -1.42. The van der Waals surface area contributed by atoms with Crippen LogP contribution in [0.3, 0.4) is 0 Å². The first kappa shape index (κ1) is 22.2. The molecule has 1 fully saturated rings. The monoisotopic (exact) mass is 445 g/mol. The number of halogens is 1. The lowest BCUT2D eigenvalue weighted by Gasteiger charge is -2.28. The second kappa shape index (κ2) is 8.86. The highest BCUT2D eigenvalue weighted by Gasteiger charge is 2.54. The molecule has 1 aliphatic heterocycles. The number of aryl methyl sites for hydroxylation is 2. The number of nitrogens with zero attached hydrogens (tertiary/aromatic N) is 1. The van der Waals surface area contributed by atoms with E-state index in [1.165, 1.54) is 12.1 Å². The van der Waals surface area contributed by atoms with Crippen LogP contribution in [-0.2, 0) is 21.7 Å². The van der Waals surface area contributed by atoms with Crippen LogP contribution in [0.4, 0.5) is 9.18 Å². The molecule has 7 heteroatoms. The Balaban J connectivity index is 1.60. The molecule has 0 saturated carbocycles. The highest BCUT2D eigenvalue weighted by Crippen LogP contribution is 2.36. The van der Waals surface area contributed by atoms with Crippen molar-refractivity contribution in [3.05, 3.63) is 106 Å². The number of urea groups is 1. The zero-order chi connectivity index (χ0) is 23.6. The van der Waals surface area contributed by atoms with E-state index in [-0.39, 0.29) is 12.4 Å². The van der Waals surface area contributed by atoms with E-state index in [0.29, 0.717) is 16.7 Å². The summed E-state index contributed by atoms with van der Waals surface area (Å²) in [7, 11) is 0. The average molecular weight is 445 g/mol. The first-order valence-electron chi connectivity index (χ1n) is 10.6. The van der Waals surface area contributed by atoms with Crippen molar-refractivity contribution < 1.29 is 18.8 Å². The molecular formula is C26H24FN3O3. The van der Waals surface area contributed by atoms with Gasteiger partial charge in [0.1, 0.15) is 12.4 Å². The zero-order valence-corrected chi connectivity index (χ0v) is 18.4. The van der Waals surface area contributed by atoms with Crippen molar-refractivity contribution in [2.24, 2.45) is 0 Å².